The summed E-state index contributed by atoms with van der Waals surface area (Å²) < 4.78 is 5.31. The van der Waals surface area contributed by atoms with Crippen molar-refractivity contribution >= 4 is 17.3 Å². The molecule has 1 atom stereocenters. The SMILES string of the molecule is COCC1CNCCN1c1c(C)cc(C)cc1Cl. The number of hydrogen-bond acceptors (Lipinski definition) is 3. The summed E-state index contributed by atoms with van der Waals surface area (Å²) in [6, 6.07) is 4.57. The number of aryl methyl sites for hydroxylation is 2. The molecule has 0 saturated carbocycles. The Morgan fingerprint density at radius 2 is 2.22 bits per heavy atom. The van der Waals surface area contributed by atoms with Crippen LogP contribution in [0.15, 0.2) is 12.1 Å². The van der Waals surface area contributed by atoms with E-state index in [1.54, 1.807) is 7.11 Å². The van der Waals surface area contributed by atoms with Gasteiger partial charge in [-0.25, -0.2) is 0 Å². The molecule has 0 bridgehead atoms. The van der Waals surface area contributed by atoms with Gasteiger partial charge in [0.1, 0.15) is 0 Å². The molecule has 1 aromatic rings. The maximum absolute atomic E-state index is 6.43. The minimum atomic E-state index is 0.350. The molecule has 3 nitrogen and oxygen atoms in total. The van der Waals surface area contributed by atoms with Crippen molar-refractivity contribution in [1.82, 2.24) is 5.32 Å². The third kappa shape index (κ3) is 2.79. The van der Waals surface area contributed by atoms with Gasteiger partial charge in [-0.1, -0.05) is 17.7 Å². The molecule has 1 saturated heterocycles. The molecule has 1 aliphatic rings. The summed E-state index contributed by atoms with van der Waals surface area (Å²) in [5.41, 5.74) is 3.61. The van der Waals surface area contributed by atoms with Crippen LogP contribution in [0, 0.1) is 13.8 Å². The van der Waals surface area contributed by atoms with Crippen LogP contribution in [0.2, 0.25) is 5.02 Å². The summed E-state index contributed by atoms with van der Waals surface area (Å²) in [6.07, 6.45) is 0. The third-order valence-electron chi connectivity index (χ3n) is 3.39. The smallest absolute Gasteiger partial charge is 0.0678 e. The van der Waals surface area contributed by atoms with Crippen molar-refractivity contribution in [2.24, 2.45) is 0 Å². The molecule has 1 aromatic carbocycles. The predicted octanol–water partition coefficient (Wildman–Crippen LogP) is 2.38. The Balaban J connectivity index is 2.33. The predicted molar refractivity (Wildman–Crippen MR) is 76.8 cm³/mol. The third-order valence-corrected chi connectivity index (χ3v) is 3.68. The molecular formula is C14H21ClN2O. The lowest BCUT2D eigenvalue weighted by Crippen LogP contribution is -2.53. The molecule has 100 valence electrons. The molecule has 1 fully saturated rings. The molecule has 0 spiro atoms. The van der Waals surface area contributed by atoms with Gasteiger partial charge in [0.25, 0.3) is 0 Å². The van der Waals surface area contributed by atoms with Crippen molar-refractivity contribution in [1.29, 1.82) is 0 Å². The second kappa shape index (κ2) is 5.91. The fourth-order valence-electron chi connectivity index (χ4n) is 2.67. The number of nitrogens with zero attached hydrogens (tertiary/aromatic N) is 1. The first-order valence-electron chi connectivity index (χ1n) is 6.36. The first-order chi connectivity index (χ1) is 8.63. The van der Waals surface area contributed by atoms with E-state index in [1.165, 1.54) is 11.1 Å². The first kappa shape index (κ1) is 13.7. The molecule has 4 heteroatoms. The number of piperazine rings is 1. The van der Waals surface area contributed by atoms with Crippen molar-refractivity contribution < 1.29 is 4.74 Å². The Hall–Kier alpha value is -0.770. The highest BCUT2D eigenvalue weighted by Crippen LogP contribution is 2.32. The zero-order valence-corrected chi connectivity index (χ0v) is 12.0. The van der Waals surface area contributed by atoms with E-state index >= 15 is 0 Å². The summed E-state index contributed by atoms with van der Waals surface area (Å²) in [6.45, 7) is 7.82. The number of hydrogen-bond donors (Lipinski definition) is 1. The summed E-state index contributed by atoms with van der Waals surface area (Å²) >= 11 is 6.43. The number of rotatable bonds is 3. The van der Waals surface area contributed by atoms with Crippen molar-refractivity contribution in [2.45, 2.75) is 19.9 Å². The zero-order valence-electron chi connectivity index (χ0n) is 11.3. The second-order valence-electron chi connectivity index (χ2n) is 4.92. The number of nitrogens with one attached hydrogen (secondary N) is 1. The van der Waals surface area contributed by atoms with Crippen LogP contribution in [0.5, 0.6) is 0 Å². The minimum Gasteiger partial charge on any atom is -0.383 e. The van der Waals surface area contributed by atoms with Gasteiger partial charge in [0.15, 0.2) is 0 Å². The molecular weight excluding hydrogens is 248 g/mol. The summed E-state index contributed by atoms with van der Waals surface area (Å²) in [4.78, 5) is 2.37. The normalized spacial score (nSPS) is 20.2. The van der Waals surface area contributed by atoms with Gasteiger partial charge in [0.2, 0.25) is 0 Å². The average molecular weight is 269 g/mol. The molecule has 0 radical (unpaired) electrons. The van der Waals surface area contributed by atoms with Crippen molar-refractivity contribution in [3.8, 4) is 0 Å². The second-order valence-corrected chi connectivity index (χ2v) is 5.33. The fourth-order valence-corrected chi connectivity index (χ4v) is 3.10. The number of methoxy groups -OCH3 is 1. The van der Waals surface area contributed by atoms with Gasteiger partial charge in [-0.2, -0.15) is 0 Å². The number of benzene rings is 1. The van der Waals surface area contributed by atoms with Crippen LogP contribution in [-0.4, -0.2) is 39.4 Å². The Morgan fingerprint density at radius 1 is 1.44 bits per heavy atom. The van der Waals surface area contributed by atoms with Gasteiger partial charge in [-0.05, 0) is 31.0 Å². The maximum Gasteiger partial charge on any atom is 0.0678 e. The lowest BCUT2D eigenvalue weighted by molar-refractivity contribution is 0.170. The molecule has 0 aromatic heterocycles. The van der Waals surface area contributed by atoms with Crippen LogP contribution in [0.4, 0.5) is 5.69 Å². The van der Waals surface area contributed by atoms with Crippen molar-refractivity contribution in [3.63, 3.8) is 0 Å². The van der Waals surface area contributed by atoms with Gasteiger partial charge in [-0.3, -0.25) is 0 Å². The molecule has 0 amide bonds. The van der Waals surface area contributed by atoms with Gasteiger partial charge in [0.05, 0.1) is 23.4 Å². The van der Waals surface area contributed by atoms with Gasteiger partial charge >= 0.3 is 0 Å². The molecule has 1 N–H and O–H groups in total. The van der Waals surface area contributed by atoms with E-state index in [-0.39, 0.29) is 0 Å². The van der Waals surface area contributed by atoms with Gasteiger partial charge in [-0.15, -0.1) is 0 Å². The van der Waals surface area contributed by atoms with Crippen LogP contribution < -0.4 is 10.2 Å². The Labute approximate surface area is 114 Å². The Morgan fingerprint density at radius 3 is 2.89 bits per heavy atom. The van der Waals surface area contributed by atoms with Gasteiger partial charge in [0, 0.05) is 26.7 Å². The van der Waals surface area contributed by atoms with E-state index in [4.69, 9.17) is 16.3 Å². The van der Waals surface area contributed by atoms with E-state index in [0.29, 0.717) is 6.04 Å². The topological polar surface area (TPSA) is 24.5 Å². The molecule has 1 heterocycles. The monoisotopic (exact) mass is 268 g/mol. The Kier molecular flexibility index (Phi) is 4.49. The van der Waals surface area contributed by atoms with Crippen LogP contribution in [0.3, 0.4) is 0 Å². The lowest BCUT2D eigenvalue weighted by Gasteiger charge is -2.39. The van der Waals surface area contributed by atoms with E-state index in [2.05, 4.69) is 30.1 Å². The first-order valence-corrected chi connectivity index (χ1v) is 6.74. The van der Waals surface area contributed by atoms with Crippen molar-refractivity contribution in [3.05, 3.63) is 28.3 Å². The van der Waals surface area contributed by atoms with Gasteiger partial charge < -0.3 is 15.0 Å². The number of anilines is 1. The zero-order chi connectivity index (χ0) is 13.1. The molecule has 0 aliphatic carbocycles. The average Bonchev–Trinajstić information content (AvgIpc) is 2.30. The van der Waals surface area contributed by atoms with E-state index in [1.807, 2.05) is 6.07 Å². The fraction of sp³-hybridized carbons (Fsp3) is 0.571. The van der Waals surface area contributed by atoms with E-state index in [0.717, 1.165) is 37.0 Å². The summed E-state index contributed by atoms with van der Waals surface area (Å²) in [5.74, 6) is 0. The largest absolute Gasteiger partial charge is 0.383 e. The molecule has 18 heavy (non-hydrogen) atoms. The Bertz CT molecular complexity index is 397. The molecule has 1 aliphatic heterocycles. The van der Waals surface area contributed by atoms with Crippen LogP contribution >= 0.6 is 11.6 Å². The van der Waals surface area contributed by atoms with Crippen molar-refractivity contribution in [2.75, 3.05) is 38.3 Å². The molecule has 2 rings (SSSR count). The van der Waals surface area contributed by atoms with E-state index in [9.17, 15) is 0 Å². The minimum absolute atomic E-state index is 0.350. The highest BCUT2D eigenvalue weighted by molar-refractivity contribution is 6.33. The standard InChI is InChI=1S/C14H21ClN2O/c1-10-6-11(2)14(13(15)7-10)17-5-4-16-8-12(17)9-18-3/h6-7,12,16H,4-5,8-9H2,1-3H3. The van der Waals surface area contributed by atoms with Crippen LogP contribution in [-0.2, 0) is 4.74 Å². The summed E-state index contributed by atoms with van der Waals surface area (Å²) in [7, 11) is 1.75. The lowest BCUT2D eigenvalue weighted by atomic mass is 10.1. The quantitative estimate of drug-likeness (QED) is 0.911. The number of ether oxygens (including phenoxy) is 1. The van der Waals surface area contributed by atoms with Crippen LogP contribution in [0.1, 0.15) is 11.1 Å². The highest BCUT2D eigenvalue weighted by atomic mass is 35.5. The van der Waals surface area contributed by atoms with E-state index < -0.39 is 0 Å². The summed E-state index contributed by atoms with van der Waals surface area (Å²) in [5, 5.41) is 4.25. The van der Waals surface area contributed by atoms with Crippen LogP contribution in [0.25, 0.3) is 0 Å². The number of halogens is 1. The molecule has 1 unspecified atom stereocenters. The highest BCUT2D eigenvalue weighted by Gasteiger charge is 2.25. The maximum atomic E-state index is 6.43.